The highest BCUT2D eigenvalue weighted by Crippen LogP contribution is 2.33. The first kappa shape index (κ1) is 20.7. The zero-order chi connectivity index (χ0) is 19.5. The maximum atomic E-state index is 12.7. The van der Waals surface area contributed by atoms with E-state index in [0.29, 0.717) is 24.9 Å². The molecule has 26 heavy (non-hydrogen) atoms. The van der Waals surface area contributed by atoms with Gasteiger partial charge in [0.05, 0.1) is 16.2 Å². The van der Waals surface area contributed by atoms with E-state index >= 15 is 0 Å². The lowest BCUT2D eigenvalue weighted by atomic mass is 10.0. The van der Waals surface area contributed by atoms with Gasteiger partial charge in [-0.05, 0) is 32.4 Å². The van der Waals surface area contributed by atoms with Crippen molar-refractivity contribution < 1.29 is 22.3 Å². The van der Waals surface area contributed by atoms with E-state index in [1.807, 2.05) is 13.8 Å². The lowest BCUT2D eigenvalue weighted by Gasteiger charge is -2.31. The van der Waals surface area contributed by atoms with Gasteiger partial charge in [-0.2, -0.15) is 0 Å². The number of benzene rings is 1. The molecular formula is C17H22ClFN2O4S. The number of sulfone groups is 1. The third kappa shape index (κ3) is 4.55. The predicted molar refractivity (Wildman–Crippen MR) is 97.4 cm³/mol. The Morgan fingerprint density at radius 3 is 2.65 bits per heavy atom. The molecule has 6 nitrogen and oxygen atoms in total. The van der Waals surface area contributed by atoms with E-state index in [2.05, 4.69) is 0 Å². The molecule has 0 aromatic heterocycles. The summed E-state index contributed by atoms with van der Waals surface area (Å²) in [5.41, 5.74) is 5.08. The van der Waals surface area contributed by atoms with Crippen molar-refractivity contribution in [1.82, 2.24) is 4.90 Å². The van der Waals surface area contributed by atoms with Crippen molar-refractivity contribution in [2.45, 2.75) is 37.1 Å². The summed E-state index contributed by atoms with van der Waals surface area (Å²) < 4.78 is 43.3. The first-order valence-corrected chi connectivity index (χ1v) is 10.1. The van der Waals surface area contributed by atoms with Crippen LogP contribution in [0.4, 0.5) is 4.39 Å². The molecule has 1 saturated heterocycles. The summed E-state index contributed by atoms with van der Waals surface area (Å²) in [6, 6.07) is 4.10. The van der Waals surface area contributed by atoms with E-state index in [4.69, 9.17) is 22.1 Å². The fourth-order valence-electron chi connectivity index (χ4n) is 2.64. The molecule has 1 aliphatic rings. The van der Waals surface area contributed by atoms with E-state index in [9.17, 15) is 17.6 Å². The molecule has 0 radical (unpaired) electrons. The van der Waals surface area contributed by atoms with Gasteiger partial charge in [-0.3, -0.25) is 4.79 Å². The molecular weight excluding hydrogens is 383 g/mol. The smallest absolute Gasteiger partial charge is 0.223 e. The van der Waals surface area contributed by atoms with Gasteiger partial charge in [0.25, 0.3) is 0 Å². The minimum absolute atomic E-state index is 0.0103. The fraction of sp³-hybridized carbons (Fsp3) is 0.471. The minimum Gasteiger partial charge on any atom is -0.489 e. The third-order valence-corrected chi connectivity index (χ3v) is 6.41. The Kier molecular flexibility index (Phi) is 6.31. The van der Waals surface area contributed by atoms with Crippen LogP contribution in [0, 0.1) is 0 Å². The van der Waals surface area contributed by atoms with Crippen LogP contribution in [0.15, 0.2) is 35.0 Å². The summed E-state index contributed by atoms with van der Waals surface area (Å²) in [5, 5.41) is -0.0227. The number of ether oxygens (including phenoxy) is 1. The average molecular weight is 405 g/mol. The molecule has 9 heteroatoms. The van der Waals surface area contributed by atoms with Crippen LogP contribution in [0.5, 0.6) is 5.75 Å². The van der Waals surface area contributed by atoms with Gasteiger partial charge in [0.1, 0.15) is 18.2 Å². The Bertz CT molecular complexity index is 824. The Labute approximate surface area is 157 Å². The normalized spacial score (nSPS) is 17.7. The van der Waals surface area contributed by atoms with Crippen molar-refractivity contribution in [3.05, 3.63) is 35.1 Å². The van der Waals surface area contributed by atoms with E-state index in [-0.39, 0.29) is 34.6 Å². The summed E-state index contributed by atoms with van der Waals surface area (Å²) in [5.74, 6) is -0.331. The van der Waals surface area contributed by atoms with Crippen LogP contribution in [-0.4, -0.2) is 43.8 Å². The maximum absolute atomic E-state index is 12.7. The molecule has 0 saturated carbocycles. The van der Waals surface area contributed by atoms with E-state index < -0.39 is 21.3 Å². The van der Waals surface area contributed by atoms with Crippen LogP contribution in [0.25, 0.3) is 0 Å². The summed E-state index contributed by atoms with van der Waals surface area (Å²) in [6.07, 6.45) is 1.30. The Morgan fingerprint density at radius 2 is 2.15 bits per heavy atom. The number of halogens is 2. The first-order valence-electron chi connectivity index (χ1n) is 8.04. The van der Waals surface area contributed by atoms with Gasteiger partial charge in [0, 0.05) is 30.1 Å². The van der Waals surface area contributed by atoms with E-state index in [1.165, 1.54) is 23.1 Å². The highest BCUT2D eigenvalue weighted by atomic mass is 35.5. The van der Waals surface area contributed by atoms with Crippen LogP contribution < -0.4 is 10.5 Å². The molecule has 2 rings (SSSR count). The molecule has 1 aliphatic heterocycles. The van der Waals surface area contributed by atoms with Crippen molar-refractivity contribution in [3.63, 3.8) is 0 Å². The van der Waals surface area contributed by atoms with Crippen molar-refractivity contribution in [2.75, 3.05) is 19.0 Å². The van der Waals surface area contributed by atoms with Crippen LogP contribution in [0.2, 0.25) is 5.02 Å². The number of hydrogen-bond donors (Lipinski definition) is 1. The van der Waals surface area contributed by atoms with E-state index in [1.54, 1.807) is 0 Å². The number of nitrogens with zero attached hydrogens (tertiary/aromatic N) is 1. The van der Waals surface area contributed by atoms with Crippen LogP contribution in [0.3, 0.4) is 0 Å². The SMILES string of the molecule is CC1(C)CCC(=O)N1CS(=O)(=O)c1ccc(OC/C(=C/F)CN)cc1Cl. The topological polar surface area (TPSA) is 89.7 Å². The van der Waals surface area contributed by atoms with Crippen LogP contribution in [-0.2, 0) is 14.6 Å². The van der Waals surface area contributed by atoms with Gasteiger partial charge in [-0.1, -0.05) is 11.6 Å². The Hall–Kier alpha value is -1.64. The Morgan fingerprint density at radius 1 is 1.46 bits per heavy atom. The fourth-order valence-corrected chi connectivity index (χ4v) is 4.77. The average Bonchev–Trinajstić information content (AvgIpc) is 2.82. The van der Waals surface area contributed by atoms with Crippen molar-refractivity contribution >= 4 is 27.3 Å². The highest BCUT2D eigenvalue weighted by molar-refractivity contribution is 7.91. The lowest BCUT2D eigenvalue weighted by Crippen LogP contribution is -2.43. The molecule has 1 heterocycles. The number of carbonyl (C=O) groups is 1. The van der Waals surface area contributed by atoms with Gasteiger partial charge >= 0.3 is 0 Å². The molecule has 0 unspecified atom stereocenters. The van der Waals surface area contributed by atoms with Crippen molar-refractivity contribution in [1.29, 1.82) is 0 Å². The largest absolute Gasteiger partial charge is 0.489 e. The molecule has 0 aliphatic carbocycles. The first-order chi connectivity index (χ1) is 12.1. The molecule has 144 valence electrons. The second-order valence-corrected chi connectivity index (χ2v) is 9.07. The summed E-state index contributed by atoms with van der Waals surface area (Å²) in [7, 11) is -3.81. The van der Waals surface area contributed by atoms with Crippen LogP contribution in [0.1, 0.15) is 26.7 Å². The highest BCUT2D eigenvalue weighted by Gasteiger charge is 2.40. The zero-order valence-electron chi connectivity index (χ0n) is 14.7. The number of nitrogens with two attached hydrogens (primary N) is 1. The molecule has 1 aromatic carbocycles. The second kappa shape index (κ2) is 7.94. The van der Waals surface area contributed by atoms with Gasteiger partial charge in [-0.25, -0.2) is 12.8 Å². The molecule has 1 fully saturated rings. The number of carbonyl (C=O) groups excluding carboxylic acids is 1. The molecule has 1 amide bonds. The number of amides is 1. The Balaban J connectivity index is 2.18. The summed E-state index contributed by atoms with van der Waals surface area (Å²) >= 11 is 6.11. The molecule has 2 N–H and O–H groups in total. The van der Waals surface area contributed by atoms with Crippen molar-refractivity contribution in [2.24, 2.45) is 5.73 Å². The summed E-state index contributed by atoms with van der Waals surface area (Å²) in [6.45, 7) is 3.61. The number of likely N-dealkylation sites (tertiary alicyclic amines) is 1. The van der Waals surface area contributed by atoms with Crippen molar-refractivity contribution in [3.8, 4) is 5.75 Å². The monoisotopic (exact) mass is 404 g/mol. The quantitative estimate of drug-likeness (QED) is 0.754. The van der Waals surface area contributed by atoms with Gasteiger partial charge in [0.15, 0.2) is 9.84 Å². The second-order valence-electron chi connectivity index (χ2n) is 6.73. The summed E-state index contributed by atoms with van der Waals surface area (Å²) in [4.78, 5) is 13.3. The van der Waals surface area contributed by atoms with Gasteiger partial charge in [-0.15, -0.1) is 0 Å². The predicted octanol–water partition coefficient (Wildman–Crippen LogP) is 2.66. The van der Waals surface area contributed by atoms with Gasteiger partial charge in [0.2, 0.25) is 5.91 Å². The van der Waals surface area contributed by atoms with Gasteiger partial charge < -0.3 is 15.4 Å². The van der Waals surface area contributed by atoms with E-state index in [0.717, 1.165) is 0 Å². The number of hydrogen-bond acceptors (Lipinski definition) is 5. The number of rotatable bonds is 7. The molecule has 0 bridgehead atoms. The maximum Gasteiger partial charge on any atom is 0.223 e. The zero-order valence-corrected chi connectivity index (χ0v) is 16.2. The standard InChI is InChI=1S/C17H22ClFN2O4S/c1-17(2)6-5-16(22)21(17)11-26(23,24)15-4-3-13(7-14(15)18)25-10-12(8-19)9-20/h3-4,7-8H,5-6,9-11,20H2,1-2H3/b12-8+. The minimum atomic E-state index is -3.81. The molecule has 1 aromatic rings. The lowest BCUT2D eigenvalue weighted by molar-refractivity contribution is -0.129. The third-order valence-electron chi connectivity index (χ3n) is 4.36. The van der Waals surface area contributed by atoms with Crippen LogP contribution >= 0.6 is 11.6 Å². The molecule has 0 atom stereocenters. The molecule has 0 spiro atoms.